The third-order valence-electron chi connectivity index (χ3n) is 1.66. The van der Waals surface area contributed by atoms with Crippen LogP contribution in [-0.4, -0.2) is 30.6 Å². The number of H-pyrrole nitrogens is 1. The summed E-state index contributed by atoms with van der Waals surface area (Å²) in [5.41, 5.74) is 5.88. The molecule has 1 heterocycles. The van der Waals surface area contributed by atoms with E-state index in [9.17, 15) is 4.79 Å². The summed E-state index contributed by atoms with van der Waals surface area (Å²) in [7, 11) is 3.68. The Labute approximate surface area is 76.6 Å². The molecule has 0 aliphatic heterocycles. The largest absolute Gasteiger partial charge is 0.363 e. The quantitative estimate of drug-likeness (QED) is 0.650. The molecule has 0 unspecified atom stereocenters. The highest BCUT2D eigenvalue weighted by molar-refractivity contribution is 5.36. The normalized spacial score (nSPS) is 10.1. The molecule has 5 nitrogen and oxygen atoms in total. The molecule has 0 spiro atoms. The van der Waals surface area contributed by atoms with Gasteiger partial charge in [-0.1, -0.05) is 0 Å². The highest BCUT2D eigenvalue weighted by atomic mass is 16.1. The van der Waals surface area contributed by atoms with Crippen LogP contribution in [0.3, 0.4) is 0 Å². The molecule has 1 aromatic rings. The summed E-state index contributed by atoms with van der Waals surface area (Å²) in [5, 5.41) is 0. The van der Waals surface area contributed by atoms with Crippen molar-refractivity contribution in [2.75, 3.05) is 25.5 Å². The molecule has 5 heteroatoms. The van der Waals surface area contributed by atoms with Gasteiger partial charge in [0.1, 0.15) is 5.82 Å². The van der Waals surface area contributed by atoms with Crippen molar-refractivity contribution in [3.05, 3.63) is 22.2 Å². The zero-order chi connectivity index (χ0) is 9.84. The van der Waals surface area contributed by atoms with Crippen LogP contribution in [0.25, 0.3) is 0 Å². The second kappa shape index (κ2) is 4.04. The Morgan fingerprint density at radius 2 is 2.31 bits per heavy atom. The van der Waals surface area contributed by atoms with E-state index in [1.807, 2.05) is 20.2 Å². The highest BCUT2D eigenvalue weighted by Crippen LogP contribution is 2.04. The van der Waals surface area contributed by atoms with E-state index in [1.165, 1.54) is 0 Å². The Morgan fingerprint density at radius 3 is 2.85 bits per heavy atom. The lowest BCUT2D eigenvalue weighted by Gasteiger charge is -2.11. The molecule has 0 atom stereocenters. The first-order valence-corrected chi connectivity index (χ1v) is 4.11. The van der Waals surface area contributed by atoms with E-state index < -0.39 is 0 Å². The van der Waals surface area contributed by atoms with E-state index in [2.05, 4.69) is 9.97 Å². The molecule has 0 saturated carbocycles. The van der Waals surface area contributed by atoms with Gasteiger partial charge in [0, 0.05) is 32.3 Å². The molecule has 0 saturated heterocycles. The maximum absolute atomic E-state index is 11.1. The maximum atomic E-state index is 11.1. The minimum atomic E-state index is -0.324. The van der Waals surface area contributed by atoms with Crippen molar-refractivity contribution < 1.29 is 0 Å². The van der Waals surface area contributed by atoms with Crippen molar-refractivity contribution in [1.29, 1.82) is 0 Å². The van der Waals surface area contributed by atoms with E-state index in [0.29, 0.717) is 18.8 Å². The molecule has 72 valence electrons. The highest BCUT2D eigenvalue weighted by Gasteiger charge is 2.01. The predicted molar refractivity (Wildman–Crippen MR) is 51.9 cm³/mol. The lowest BCUT2D eigenvalue weighted by Crippen LogP contribution is -2.21. The van der Waals surface area contributed by atoms with E-state index in [-0.39, 0.29) is 5.69 Å². The molecule has 0 amide bonds. The number of anilines is 1. The number of hydrogen-bond donors (Lipinski definition) is 2. The Morgan fingerprint density at radius 1 is 1.62 bits per heavy atom. The predicted octanol–water partition coefficient (Wildman–Crippen LogP) is -0.663. The van der Waals surface area contributed by atoms with Gasteiger partial charge in [0.2, 0.25) is 0 Å². The first-order valence-electron chi connectivity index (χ1n) is 4.11. The topological polar surface area (TPSA) is 75.0 Å². The SMILES string of the molecule is CN(C)c1cc(CCN)[nH]c(=O)n1. The molecular formula is C8H14N4O. The average molecular weight is 182 g/mol. The number of nitrogens with two attached hydrogens (primary N) is 1. The van der Waals surface area contributed by atoms with Gasteiger partial charge in [0.15, 0.2) is 0 Å². The molecule has 0 aliphatic carbocycles. The Hall–Kier alpha value is -1.36. The fourth-order valence-electron chi connectivity index (χ4n) is 1.01. The smallest absolute Gasteiger partial charge is 0.347 e. The Kier molecular flexibility index (Phi) is 3.02. The van der Waals surface area contributed by atoms with Crippen LogP contribution in [0.5, 0.6) is 0 Å². The van der Waals surface area contributed by atoms with Crippen LogP contribution in [0, 0.1) is 0 Å². The molecular weight excluding hydrogens is 168 g/mol. The first kappa shape index (κ1) is 9.73. The molecule has 0 bridgehead atoms. The number of nitrogens with one attached hydrogen (secondary N) is 1. The maximum Gasteiger partial charge on any atom is 0.347 e. The van der Waals surface area contributed by atoms with Crippen molar-refractivity contribution in [3.63, 3.8) is 0 Å². The standard InChI is InChI=1S/C8H14N4O/c1-12(2)7-5-6(3-4-9)10-8(13)11-7/h5H,3-4,9H2,1-2H3,(H,10,11,13). The minimum Gasteiger partial charge on any atom is -0.363 e. The van der Waals surface area contributed by atoms with E-state index in [4.69, 9.17) is 5.73 Å². The van der Waals surface area contributed by atoms with Crippen molar-refractivity contribution >= 4 is 5.82 Å². The Balaban J connectivity index is 3.04. The zero-order valence-corrected chi connectivity index (χ0v) is 7.87. The number of hydrogen-bond acceptors (Lipinski definition) is 4. The summed E-state index contributed by atoms with van der Waals surface area (Å²) in [4.78, 5) is 19.3. The van der Waals surface area contributed by atoms with Crippen molar-refractivity contribution in [1.82, 2.24) is 9.97 Å². The molecule has 1 aromatic heterocycles. The average Bonchev–Trinajstić information content (AvgIpc) is 2.03. The Bertz CT molecular complexity index is 331. The van der Waals surface area contributed by atoms with Crippen molar-refractivity contribution in [2.45, 2.75) is 6.42 Å². The number of nitrogens with zero attached hydrogens (tertiary/aromatic N) is 2. The van der Waals surface area contributed by atoms with Gasteiger partial charge in [-0.3, -0.25) is 0 Å². The van der Waals surface area contributed by atoms with Crippen LogP contribution >= 0.6 is 0 Å². The second-order valence-electron chi connectivity index (χ2n) is 3.00. The monoisotopic (exact) mass is 182 g/mol. The molecule has 13 heavy (non-hydrogen) atoms. The summed E-state index contributed by atoms with van der Waals surface area (Å²) in [5.74, 6) is 0.659. The first-order chi connectivity index (χ1) is 6.13. The number of aromatic nitrogens is 2. The molecule has 0 aromatic carbocycles. The number of aromatic amines is 1. The zero-order valence-electron chi connectivity index (χ0n) is 7.87. The fraction of sp³-hybridized carbons (Fsp3) is 0.500. The molecule has 0 radical (unpaired) electrons. The van der Waals surface area contributed by atoms with E-state index >= 15 is 0 Å². The third kappa shape index (κ3) is 2.55. The van der Waals surface area contributed by atoms with Gasteiger partial charge >= 0.3 is 5.69 Å². The summed E-state index contributed by atoms with van der Waals surface area (Å²) in [6, 6.07) is 1.83. The van der Waals surface area contributed by atoms with Crippen LogP contribution in [0.15, 0.2) is 10.9 Å². The van der Waals surface area contributed by atoms with Crippen LogP contribution in [0.1, 0.15) is 5.69 Å². The molecule has 0 fully saturated rings. The van der Waals surface area contributed by atoms with Gasteiger partial charge < -0.3 is 15.6 Å². The molecule has 0 aliphatic rings. The lowest BCUT2D eigenvalue weighted by molar-refractivity contribution is 0.880. The van der Waals surface area contributed by atoms with Gasteiger partial charge in [-0.2, -0.15) is 4.98 Å². The second-order valence-corrected chi connectivity index (χ2v) is 3.00. The van der Waals surface area contributed by atoms with Gasteiger partial charge in [-0.05, 0) is 6.54 Å². The van der Waals surface area contributed by atoms with Gasteiger partial charge in [-0.15, -0.1) is 0 Å². The van der Waals surface area contributed by atoms with Crippen LogP contribution in [0.4, 0.5) is 5.82 Å². The summed E-state index contributed by atoms with van der Waals surface area (Å²) >= 11 is 0. The summed E-state index contributed by atoms with van der Waals surface area (Å²) < 4.78 is 0. The van der Waals surface area contributed by atoms with E-state index in [0.717, 1.165) is 5.69 Å². The van der Waals surface area contributed by atoms with Crippen LogP contribution in [-0.2, 0) is 6.42 Å². The van der Waals surface area contributed by atoms with Gasteiger partial charge in [-0.25, -0.2) is 4.79 Å². The molecule has 1 rings (SSSR count). The fourth-order valence-corrected chi connectivity index (χ4v) is 1.01. The van der Waals surface area contributed by atoms with E-state index in [1.54, 1.807) is 4.90 Å². The van der Waals surface area contributed by atoms with Crippen LogP contribution < -0.4 is 16.3 Å². The summed E-state index contributed by atoms with van der Waals surface area (Å²) in [6.45, 7) is 0.521. The minimum absolute atomic E-state index is 0.324. The van der Waals surface area contributed by atoms with Gasteiger partial charge in [0.25, 0.3) is 0 Å². The molecule has 3 N–H and O–H groups in total. The summed E-state index contributed by atoms with van der Waals surface area (Å²) in [6.07, 6.45) is 0.665. The van der Waals surface area contributed by atoms with Crippen molar-refractivity contribution in [3.8, 4) is 0 Å². The van der Waals surface area contributed by atoms with Crippen LogP contribution in [0.2, 0.25) is 0 Å². The third-order valence-corrected chi connectivity index (χ3v) is 1.66. The van der Waals surface area contributed by atoms with Crippen molar-refractivity contribution in [2.24, 2.45) is 5.73 Å². The number of rotatable bonds is 3. The lowest BCUT2D eigenvalue weighted by atomic mass is 10.3. The van der Waals surface area contributed by atoms with Gasteiger partial charge in [0.05, 0.1) is 0 Å².